The van der Waals surface area contributed by atoms with Crippen LogP contribution in [-0.2, 0) is 10.3 Å². The molecule has 104 valence electrons. The maximum atomic E-state index is 11.9. The fraction of sp³-hybridized carbons (Fsp3) is 0.571. The molecule has 0 aromatic carbocycles. The Kier molecular flexibility index (Phi) is 3.26. The number of nitrogens with two attached hydrogens (primary N) is 1. The van der Waals surface area contributed by atoms with Gasteiger partial charge in [0, 0.05) is 25.0 Å². The van der Waals surface area contributed by atoms with E-state index in [1.54, 1.807) is 11.1 Å². The maximum Gasteiger partial charge on any atom is 0.410 e. The third-order valence-electron chi connectivity index (χ3n) is 3.14. The van der Waals surface area contributed by atoms with Crippen molar-refractivity contribution in [1.29, 1.82) is 0 Å². The van der Waals surface area contributed by atoms with E-state index in [4.69, 9.17) is 10.5 Å². The standard InChI is InChI=1S/C14H21N3O2/c1-10-11(6-5-7-16-10)14(15)8-17(9-14)12(18)19-13(2,3)4/h5-7H,8-9,15H2,1-4H3. The molecule has 1 aromatic rings. The lowest BCUT2D eigenvalue weighted by Gasteiger charge is -2.48. The van der Waals surface area contributed by atoms with Crippen LogP contribution in [0.2, 0.25) is 0 Å². The molecule has 1 fully saturated rings. The smallest absolute Gasteiger partial charge is 0.410 e. The zero-order valence-electron chi connectivity index (χ0n) is 11.9. The van der Waals surface area contributed by atoms with Gasteiger partial charge in [-0.1, -0.05) is 6.07 Å². The first-order chi connectivity index (χ1) is 8.71. The molecule has 2 heterocycles. The van der Waals surface area contributed by atoms with Crippen molar-refractivity contribution in [3.05, 3.63) is 29.6 Å². The van der Waals surface area contributed by atoms with Crippen LogP contribution in [0.3, 0.4) is 0 Å². The molecule has 0 atom stereocenters. The summed E-state index contributed by atoms with van der Waals surface area (Å²) < 4.78 is 5.32. The fourth-order valence-corrected chi connectivity index (χ4v) is 2.27. The monoisotopic (exact) mass is 263 g/mol. The van der Waals surface area contributed by atoms with E-state index in [9.17, 15) is 4.79 Å². The molecule has 2 rings (SSSR count). The molecule has 1 amide bonds. The molecule has 5 nitrogen and oxygen atoms in total. The first-order valence-corrected chi connectivity index (χ1v) is 6.40. The fourth-order valence-electron chi connectivity index (χ4n) is 2.27. The molecule has 2 N–H and O–H groups in total. The zero-order chi connectivity index (χ0) is 14.3. The number of ether oxygens (including phenoxy) is 1. The predicted molar refractivity (Wildman–Crippen MR) is 72.6 cm³/mol. The molecule has 19 heavy (non-hydrogen) atoms. The number of amides is 1. The Labute approximate surface area is 113 Å². The lowest BCUT2D eigenvalue weighted by molar-refractivity contribution is -0.00908. The van der Waals surface area contributed by atoms with Crippen molar-refractivity contribution in [2.24, 2.45) is 5.73 Å². The van der Waals surface area contributed by atoms with Gasteiger partial charge in [-0.15, -0.1) is 0 Å². The number of pyridine rings is 1. The normalized spacial score (nSPS) is 17.8. The highest BCUT2D eigenvalue weighted by atomic mass is 16.6. The van der Waals surface area contributed by atoms with Gasteiger partial charge in [-0.3, -0.25) is 4.98 Å². The highest BCUT2D eigenvalue weighted by molar-refractivity contribution is 5.70. The van der Waals surface area contributed by atoms with Crippen LogP contribution in [0, 0.1) is 6.92 Å². The Hall–Kier alpha value is -1.62. The lowest BCUT2D eigenvalue weighted by atomic mass is 9.83. The van der Waals surface area contributed by atoms with Crippen molar-refractivity contribution in [2.75, 3.05) is 13.1 Å². The SMILES string of the molecule is Cc1ncccc1C1(N)CN(C(=O)OC(C)(C)C)C1. The minimum Gasteiger partial charge on any atom is -0.444 e. The van der Waals surface area contributed by atoms with Gasteiger partial charge in [-0.2, -0.15) is 0 Å². The quantitative estimate of drug-likeness (QED) is 0.838. The minimum atomic E-state index is -0.505. The molecule has 5 heteroatoms. The second-order valence-corrected chi connectivity index (χ2v) is 6.13. The van der Waals surface area contributed by atoms with E-state index in [1.807, 2.05) is 39.8 Å². The van der Waals surface area contributed by atoms with Crippen LogP contribution in [0.4, 0.5) is 4.79 Å². The topological polar surface area (TPSA) is 68.5 Å². The highest BCUT2D eigenvalue weighted by Crippen LogP contribution is 2.31. The Morgan fingerprint density at radius 1 is 1.47 bits per heavy atom. The number of rotatable bonds is 1. The van der Waals surface area contributed by atoms with Gasteiger partial charge in [0.05, 0.1) is 5.54 Å². The lowest BCUT2D eigenvalue weighted by Crippen LogP contribution is -2.66. The largest absolute Gasteiger partial charge is 0.444 e. The summed E-state index contributed by atoms with van der Waals surface area (Å²) in [7, 11) is 0. The summed E-state index contributed by atoms with van der Waals surface area (Å²) >= 11 is 0. The number of aromatic nitrogens is 1. The number of likely N-dealkylation sites (tertiary alicyclic amines) is 1. The van der Waals surface area contributed by atoms with Crippen molar-refractivity contribution >= 4 is 6.09 Å². The minimum absolute atomic E-state index is 0.310. The third-order valence-corrected chi connectivity index (χ3v) is 3.14. The van der Waals surface area contributed by atoms with Gasteiger partial charge >= 0.3 is 6.09 Å². The summed E-state index contributed by atoms with van der Waals surface area (Å²) in [6.45, 7) is 8.42. The van der Waals surface area contributed by atoms with Crippen molar-refractivity contribution in [3.63, 3.8) is 0 Å². The van der Waals surface area contributed by atoms with Gasteiger partial charge in [-0.05, 0) is 39.3 Å². The Bertz CT molecular complexity index is 488. The summed E-state index contributed by atoms with van der Waals surface area (Å²) in [4.78, 5) is 17.7. The molecular formula is C14H21N3O2. The van der Waals surface area contributed by atoms with Crippen LogP contribution in [0.1, 0.15) is 32.0 Å². The van der Waals surface area contributed by atoms with Gasteiger partial charge in [0.15, 0.2) is 0 Å². The summed E-state index contributed by atoms with van der Waals surface area (Å²) in [5.41, 5.74) is 7.25. The van der Waals surface area contributed by atoms with Crippen LogP contribution in [-0.4, -0.2) is 34.7 Å². The van der Waals surface area contributed by atoms with Gasteiger partial charge < -0.3 is 15.4 Å². The van der Waals surface area contributed by atoms with Crippen LogP contribution in [0.5, 0.6) is 0 Å². The Morgan fingerprint density at radius 2 is 2.11 bits per heavy atom. The van der Waals surface area contributed by atoms with Gasteiger partial charge in [0.25, 0.3) is 0 Å². The van der Waals surface area contributed by atoms with E-state index < -0.39 is 11.1 Å². The summed E-state index contributed by atoms with van der Waals surface area (Å²) in [5.74, 6) is 0. The molecule has 1 aliphatic rings. The van der Waals surface area contributed by atoms with E-state index >= 15 is 0 Å². The van der Waals surface area contributed by atoms with E-state index in [0.29, 0.717) is 13.1 Å². The van der Waals surface area contributed by atoms with Gasteiger partial charge in [-0.25, -0.2) is 4.79 Å². The predicted octanol–water partition coefficient (Wildman–Crippen LogP) is 1.79. The first-order valence-electron chi connectivity index (χ1n) is 6.40. The van der Waals surface area contributed by atoms with Crippen LogP contribution in [0.15, 0.2) is 18.3 Å². The Morgan fingerprint density at radius 3 is 2.63 bits per heavy atom. The second kappa shape index (κ2) is 4.49. The number of carbonyl (C=O) groups is 1. The molecule has 0 radical (unpaired) electrons. The van der Waals surface area contributed by atoms with Crippen molar-refractivity contribution in [3.8, 4) is 0 Å². The van der Waals surface area contributed by atoms with Gasteiger partial charge in [0.1, 0.15) is 5.60 Å². The Balaban J connectivity index is 2.02. The number of carbonyl (C=O) groups excluding carboxylic acids is 1. The molecule has 0 bridgehead atoms. The van der Waals surface area contributed by atoms with Crippen LogP contribution in [0.25, 0.3) is 0 Å². The molecular weight excluding hydrogens is 242 g/mol. The molecule has 0 unspecified atom stereocenters. The number of aryl methyl sites for hydroxylation is 1. The van der Waals surface area contributed by atoms with Crippen molar-refractivity contribution in [1.82, 2.24) is 9.88 Å². The number of nitrogens with zero attached hydrogens (tertiary/aromatic N) is 2. The zero-order valence-corrected chi connectivity index (χ0v) is 11.9. The summed E-state index contributed by atoms with van der Waals surface area (Å²) in [6, 6.07) is 3.84. The first kappa shape index (κ1) is 13.8. The van der Waals surface area contributed by atoms with Crippen LogP contribution >= 0.6 is 0 Å². The number of hydrogen-bond acceptors (Lipinski definition) is 4. The second-order valence-electron chi connectivity index (χ2n) is 6.13. The molecule has 0 saturated carbocycles. The molecule has 1 saturated heterocycles. The summed E-state index contributed by atoms with van der Waals surface area (Å²) in [6.07, 6.45) is 1.43. The average molecular weight is 263 g/mol. The molecule has 0 aliphatic carbocycles. The van der Waals surface area contributed by atoms with E-state index in [2.05, 4.69) is 4.98 Å². The highest BCUT2D eigenvalue weighted by Gasteiger charge is 2.45. The third kappa shape index (κ3) is 2.87. The van der Waals surface area contributed by atoms with E-state index in [0.717, 1.165) is 11.3 Å². The molecule has 1 aliphatic heterocycles. The van der Waals surface area contributed by atoms with Crippen LogP contribution < -0.4 is 5.73 Å². The van der Waals surface area contributed by atoms with Gasteiger partial charge in [0.2, 0.25) is 0 Å². The molecule has 0 spiro atoms. The van der Waals surface area contributed by atoms with Crippen molar-refractivity contribution < 1.29 is 9.53 Å². The number of hydrogen-bond donors (Lipinski definition) is 1. The average Bonchev–Trinajstić information content (AvgIpc) is 2.23. The van der Waals surface area contributed by atoms with E-state index in [-0.39, 0.29) is 6.09 Å². The maximum absolute atomic E-state index is 11.9. The molecule has 1 aromatic heterocycles. The van der Waals surface area contributed by atoms with E-state index in [1.165, 1.54) is 0 Å². The summed E-state index contributed by atoms with van der Waals surface area (Å²) in [5, 5.41) is 0. The van der Waals surface area contributed by atoms with Crippen molar-refractivity contribution in [2.45, 2.75) is 38.8 Å².